The van der Waals surface area contributed by atoms with E-state index in [1.165, 1.54) is 16.7 Å². The molecule has 2 heterocycles. The largest absolute Gasteiger partial charge is 0.493 e. The zero-order chi connectivity index (χ0) is 27.6. The fraction of sp³-hybridized carbons (Fsp3) is 0.387. The van der Waals surface area contributed by atoms with Gasteiger partial charge in [0.25, 0.3) is 0 Å². The summed E-state index contributed by atoms with van der Waals surface area (Å²) in [5, 5.41) is 12.8. The summed E-state index contributed by atoms with van der Waals surface area (Å²) in [6, 6.07) is 20.4. The maximum absolute atomic E-state index is 11.3. The van der Waals surface area contributed by atoms with Crippen LogP contribution in [0.25, 0.3) is 11.1 Å². The summed E-state index contributed by atoms with van der Waals surface area (Å²) >= 11 is 0. The van der Waals surface area contributed by atoms with Gasteiger partial charge in [0.1, 0.15) is 5.75 Å². The summed E-state index contributed by atoms with van der Waals surface area (Å²) in [7, 11) is -2.47. The quantitative estimate of drug-likeness (QED) is 0.217. The van der Waals surface area contributed by atoms with Crippen LogP contribution in [-0.4, -0.2) is 44.9 Å². The highest BCUT2D eigenvalue weighted by molar-refractivity contribution is 8.24. The number of hydrogen-bond acceptors (Lipinski definition) is 6. The van der Waals surface area contributed by atoms with Gasteiger partial charge < -0.3 is 19.9 Å². The topological polar surface area (TPSA) is 108 Å². The van der Waals surface area contributed by atoms with Gasteiger partial charge in [0, 0.05) is 46.7 Å². The van der Waals surface area contributed by atoms with Crippen LogP contribution in [0.1, 0.15) is 41.2 Å². The summed E-state index contributed by atoms with van der Waals surface area (Å²) in [4.78, 5) is 11.3. The van der Waals surface area contributed by atoms with Gasteiger partial charge in [-0.1, -0.05) is 42.5 Å². The second kappa shape index (κ2) is 11.6. The van der Waals surface area contributed by atoms with Gasteiger partial charge in [-0.25, -0.2) is 0 Å². The standard InChI is InChI=1S/C31H37NO6S/c1-20-6-5-7-21(2)30(20)23-10-11-28(37-17-22-12-13-39(35,36)19-22)24(14-23)16-32-27-9-4-3-8-26(27)31-25(18-38-31)15-29(33)34/h3-11,14,22,25,31-32,35-36H,12-13,15-19H2,1-2H3,(H,33,34). The molecule has 39 heavy (non-hydrogen) atoms. The molecule has 3 atom stereocenters. The Morgan fingerprint density at radius 1 is 1.08 bits per heavy atom. The van der Waals surface area contributed by atoms with E-state index in [4.69, 9.17) is 9.47 Å². The van der Waals surface area contributed by atoms with Crippen molar-refractivity contribution in [3.8, 4) is 16.9 Å². The molecule has 0 bridgehead atoms. The fourth-order valence-corrected chi connectivity index (χ4v) is 7.58. The third-order valence-corrected chi connectivity index (χ3v) is 9.65. The van der Waals surface area contributed by atoms with Gasteiger partial charge in [-0.05, 0) is 60.7 Å². The van der Waals surface area contributed by atoms with E-state index in [9.17, 15) is 19.0 Å². The average Bonchev–Trinajstić information content (AvgIpc) is 3.23. The number of aliphatic carboxylic acids is 1. The molecule has 3 unspecified atom stereocenters. The monoisotopic (exact) mass is 551 g/mol. The highest BCUT2D eigenvalue weighted by atomic mass is 32.3. The van der Waals surface area contributed by atoms with Crippen LogP contribution in [0.2, 0.25) is 0 Å². The molecule has 0 aliphatic carbocycles. The summed E-state index contributed by atoms with van der Waals surface area (Å²) in [5.74, 6) is 0.874. The second-order valence-electron chi connectivity index (χ2n) is 10.8. The van der Waals surface area contributed by atoms with E-state index < -0.39 is 16.6 Å². The zero-order valence-electron chi connectivity index (χ0n) is 22.4. The van der Waals surface area contributed by atoms with E-state index in [1.54, 1.807) is 0 Å². The van der Waals surface area contributed by atoms with Crippen molar-refractivity contribution in [1.29, 1.82) is 0 Å². The Morgan fingerprint density at radius 3 is 2.51 bits per heavy atom. The molecule has 8 heteroatoms. The number of carboxylic acids is 1. The SMILES string of the molecule is Cc1cccc(C)c1-c1ccc(OCC2CCS(O)(O)C2)c(CNc2ccccc2C2OCC2CC(=O)O)c1. The number of benzene rings is 3. The predicted octanol–water partition coefficient (Wildman–Crippen LogP) is 6.89. The normalized spacial score (nSPS) is 22.6. The second-order valence-corrected chi connectivity index (χ2v) is 13.1. The van der Waals surface area contributed by atoms with Crippen molar-refractivity contribution in [2.24, 2.45) is 11.8 Å². The van der Waals surface area contributed by atoms with Gasteiger partial charge in [0.2, 0.25) is 0 Å². The first kappa shape index (κ1) is 27.5. The molecule has 0 aromatic heterocycles. The number of carboxylic acid groups (broad SMARTS) is 1. The summed E-state index contributed by atoms with van der Waals surface area (Å²) < 4.78 is 32.2. The third-order valence-electron chi connectivity index (χ3n) is 7.75. The Balaban J connectivity index is 1.40. The number of carbonyl (C=O) groups is 1. The molecule has 0 spiro atoms. The van der Waals surface area contributed by atoms with Crippen LogP contribution in [-0.2, 0) is 16.1 Å². The highest BCUT2D eigenvalue weighted by Gasteiger charge is 2.36. The molecule has 2 fully saturated rings. The molecule has 2 aliphatic rings. The number of nitrogens with one attached hydrogen (secondary N) is 1. The molecular weight excluding hydrogens is 514 g/mol. The number of aryl methyl sites for hydroxylation is 2. The van der Waals surface area contributed by atoms with Gasteiger partial charge >= 0.3 is 5.97 Å². The Hall–Kier alpha value is -3.04. The molecule has 7 nitrogen and oxygen atoms in total. The van der Waals surface area contributed by atoms with Crippen molar-refractivity contribution in [1.82, 2.24) is 0 Å². The van der Waals surface area contributed by atoms with Crippen LogP contribution < -0.4 is 10.1 Å². The van der Waals surface area contributed by atoms with Crippen LogP contribution in [0.5, 0.6) is 5.75 Å². The summed E-state index contributed by atoms with van der Waals surface area (Å²) in [5.41, 5.74) is 7.58. The third kappa shape index (κ3) is 6.41. The van der Waals surface area contributed by atoms with E-state index in [1.807, 2.05) is 30.3 Å². The lowest BCUT2D eigenvalue weighted by molar-refractivity contribution is -0.153. The van der Waals surface area contributed by atoms with Crippen LogP contribution >= 0.6 is 10.6 Å². The lowest BCUT2D eigenvalue weighted by Gasteiger charge is -2.37. The van der Waals surface area contributed by atoms with Crippen molar-refractivity contribution in [2.75, 3.05) is 30.0 Å². The summed E-state index contributed by atoms with van der Waals surface area (Å²) in [6.07, 6.45) is 0.590. The van der Waals surface area contributed by atoms with Gasteiger partial charge in [-0.2, -0.15) is 10.6 Å². The smallest absolute Gasteiger partial charge is 0.303 e. The number of hydrogen-bond donors (Lipinski definition) is 4. The number of rotatable bonds is 10. The van der Waals surface area contributed by atoms with Gasteiger partial charge in [-0.15, -0.1) is 0 Å². The van der Waals surface area contributed by atoms with Gasteiger partial charge in [-0.3, -0.25) is 13.9 Å². The molecule has 4 N–H and O–H groups in total. The minimum Gasteiger partial charge on any atom is -0.493 e. The predicted molar refractivity (Wildman–Crippen MR) is 156 cm³/mol. The average molecular weight is 552 g/mol. The Labute approximate surface area is 231 Å². The van der Waals surface area contributed by atoms with Crippen molar-refractivity contribution >= 4 is 22.2 Å². The highest BCUT2D eigenvalue weighted by Crippen LogP contribution is 2.48. The zero-order valence-corrected chi connectivity index (χ0v) is 23.2. The minimum absolute atomic E-state index is 0.0459. The van der Waals surface area contributed by atoms with Crippen LogP contribution in [0, 0.1) is 25.7 Å². The lowest BCUT2D eigenvalue weighted by Crippen LogP contribution is -2.34. The molecule has 2 aliphatic heterocycles. The molecule has 3 aromatic rings. The van der Waals surface area contributed by atoms with E-state index in [0.29, 0.717) is 31.3 Å². The number of anilines is 1. The molecular formula is C31H37NO6S. The molecule has 2 saturated heterocycles. The van der Waals surface area contributed by atoms with E-state index in [2.05, 4.69) is 49.5 Å². The number of ether oxygens (including phenoxy) is 2. The molecule has 208 valence electrons. The van der Waals surface area contributed by atoms with Crippen molar-refractivity contribution < 1.29 is 28.5 Å². The maximum atomic E-state index is 11.3. The molecule has 0 radical (unpaired) electrons. The minimum atomic E-state index is -2.47. The van der Waals surface area contributed by atoms with Crippen LogP contribution in [0.15, 0.2) is 60.7 Å². The molecule has 3 aromatic carbocycles. The van der Waals surface area contributed by atoms with Crippen molar-refractivity contribution in [2.45, 2.75) is 39.3 Å². The van der Waals surface area contributed by atoms with Gasteiger partial charge in [0.05, 0.1) is 25.7 Å². The van der Waals surface area contributed by atoms with Crippen LogP contribution in [0.3, 0.4) is 0 Å². The van der Waals surface area contributed by atoms with Crippen molar-refractivity contribution in [3.05, 3.63) is 82.9 Å². The molecule has 0 saturated carbocycles. The fourth-order valence-electron chi connectivity index (χ4n) is 5.68. The molecule has 0 amide bonds. The first-order valence-electron chi connectivity index (χ1n) is 13.4. The van der Waals surface area contributed by atoms with E-state index in [-0.39, 0.29) is 24.4 Å². The van der Waals surface area contributed by atoms with Crippen molar-refractivity contribution in [3.63, 3.8) is 0 Å². The Morgan fingerprint density at radius 2 is 1.85 bits per heavy atom. The maximum Gasteiger partial charge on any atom is 0.303 e. The Kier molecular flexibility index (Phi) is 8.19. The first-order chi connectivity index (χ1) is 18.7. The number of para-hydroxylation sites is 1. The van der Waals surface area contributed by atoms with Gasteiger partial charge in [0.15, 0.2) is 0 Å². The van der Waals surface area contributed by atoms with E-state index >= 15 is 0 Å². The summed E-state index contributed by atoms with van der Waals surface area (Å²) in [6.45, 7) is 5.63. The first-order valence-corrected chi connectivity index (χ1v) is 15.3. The molecule has 5 rings (SSSR count). The Bertz CT molecular complexity index is 1320. The van der Waals surface area contributed by atoms with Crippen LogP contribution in [0.4, 0.5) is 5.69 Å². The van der Waals surface area contributed by atoms with E-state index in [0.717, 1.165) is 34.5 Å². The lowest BCUT2D eigenvalue weighted by atomic mass is 9.88.